The molecule has 0 saturated carbocycles. The average Bonchev–Trinajstić information content (AvgIpc) is 2.83. The molecule has 1 radical (unpaired) electrons. The third-order valence-electron chi connectivity index (χ3n) is 6.12. The molecule has 2 saturated heterocycles. The van der Waals surface area contributed by atoms with Crippen LogP contribution in [-0.4, -0.2) is 60.5 Å². The van der Waals surface area contributed by atoms with Gasteiger partial charge in [0.1, 0.15) is 0 Å². The zero-order valence-electron chi connectivity index (χ0n) is 17.5. The normalized spacial score (nSPS) is 22.2. The van der Waals surface area contributed by atoms with Crippen molar-refractivity contribution in [2.24, 2.45) is 5.92 Å². The molecule has 2 fully saturated rings. The van der Waals surface area contributed by atoms with Crippen LogP contribution >= 0.6 is 11.6 Å². The summed E-state index contributed by atoms with van der Waals surface area (Å²) in [6.45, 7) is 4.12. The maximum Gasteiger partial charge on any atom is 0.317 e. The van der Waals surface area contributed by atoms with Crippen LogP contribution in [0.15, 0.2) is 54.6 Å². The van der Waals surface area contributed by atoms with Gasteiger partial charge in [0.2, 0.25) is 0 Å². The zero-order valence-corrected chi connectivity index (χ0v) is 18.3. The van der Waals surface area contributed by atoms with Crippen molar-refractivity contribution in [3.05, 3.63) is 70.7 Å². The number of nitrogens with one attached hydrogen (secondary N) is 1. The number of ketones is 1. The predicted octanol–water partition coefficient (Wildman–Crippen LogP) is 3.39. The molecule has 0 aliphatic carbocycles. The molecule has 31 heavy (non-hydrogen) atoms. The van der Waals surface area contributed by atoms with Gasteiger partial charge in [0.05, 0.1) is 6.17 Å². The van der Waals surface area contributed by atoms with E-state index in [4.69, 9.17) is 16.9 Å². The number of urea groups is 1. The Morgan fingerprint density at radius 2 is 1.71 bits per heavy atom. The third-order valence-corrected chi connectivity index (χ3v) is 6.37. The van der Waals surface area contributed by atoms with Gasteiger partial charge in [-0.25, -0.2) is 10.1 Å². The summed E-state index contributed by atoms with van der Waals surface area (Å²) < 4.78 is 0. The largest absolute Gasteiger partial charge is 0.334 e. The molecule has 0 bridgehead atoms. The number of benzene rings is 2. The van der Waals surface area contributed by atoms with E-state index in [0.717, 1.165) is 37.1 Å². The number of hydrogen-bond acceptors (Lipinski definition) is 3. The van der Waals surface area contributed by atoms with E-state index in [1.54, 1.807) is 24.3 Å². The first-order chi connectivity index (χ1) is 15.1. The van der Waals surface area contributed by atoms with Crippen LogP contribution in [0.4, 0.5) is 4.79 Å². The number of amides is 2. The molecule has 0 spiro atoms. The van der Waals surface area contributed by atoms with E-state index in [1.807, 2.05) is 35.2 Å². The fourth-order valence-corrected chi connectivity index (χ4v) is 4.41. The van der Waals surface area contributed by atoms with E-state index in [-0.39, 0.29) is 23.9 Å². The van der Waals surface area contributed by atoms with Gasteiger partial charge in [0, 0.05) is 55.8 Å². The van der Waals surface area contributed by atoms with Crippen LogP contribution in [-0.2, 0) is 6.54 Å². The first-order valence-electron chi connectivity index (χ1n) is 10.9. The van der Waals surface area contributed by atoms with Crippen molar-refractivity contribution < 1.29 is 9.59 Å². The molecular formula is C24H28ClN4O2. The summed E-state index contributed by atoms with van der Waals surface area (Å²) in [4.78, 5) is 29.6. The number of hydrogen-bond donors (Lipinski definition) is 1. The highest BCUT2D eigenvalue weighted by molar-refractivity contribution is 6.30. The molecule has 2 aliphatic rings. The minimum Gasteiger partial charge on any atom is -0.334 e. The fourth-order valence-electron chi connectivity index (χ4n) is 4.29. The van der Waals surface area contributed by atoms with Crippen molar-refractivity contribution >= 4 is 23.4 Å². The van der Waals surface area contributed by atoms with E-state index < -0.39 is 0 Å². The molecule has 163 valence electrons. The van der Waals surface area contributed by atoms with E-state index in [1.165, 1.54) is 0 Å². The lowest BCUT2D eigenvalue weighted by Crippen LogP contribution is -2.57. The lowest BCUT2D eigenvalue weighted by atomic mass is 9.87. The summed E-state index contributed by atoms with van der Waals surface area (Å²) in [6, 6.07) is 17.0. The molecule has 2 amide bonds. The summed E-state index contributed by atoms with van der Waals surface area (Å²) in [7, 11) is 0. The Hall–Kier alpha value is -2.41. The number of piperazine rings is 1. The molecule has 4 rings (SSSR count). The van der Waals surface area contributed by atoms with Crippen molar-refractivity contribution in [1.82, 2.24) is 20.4 Å². The second kappa shape index (κ2) is 10.3. The molecular weight excluding hydrogens is 412 g/mol. The van der Waals surface area contributed by atoms with Crippen LogP contribution in [0.3, 0.4) is 0 Å². The Morgan fingerprint density at radius 1 is 1.00 bits per heavy atom. The number of nitrogens with zero attached hydrogens (tertiary/aromatic N) is 3. The van der Waals surface area contributed by atoms with E-state index in [9.17, 15) is 9.59 Å². The number of carbonyl (C=O) groups excluding carboxylic acids is 2. The van der Waals surface area contributed by atoms with Gasteiger partial charge in [-0.05, 0) is 42.7 Å². The van der Waals surface area contributed by atoms with Crippen molar-refractivity contribution in [1.29, 1.82) is 0 Å². The van der Waals surface area contributed by atoms with Gasteiger partial charge in [0.15, 0.2) is 5.78 Å². The SMILES string of the molecule is O=C(c1ccc(Cl)cc1)C1CC[N]C(N2CCN(C(=O)NCc3ccccc3)CC2)C1. The Bertz CT molecular complexity index is 882. The number of carbonyl (C=O) groups is 2. The van der Waals surface area contributed by atoms with Crippen LogP contribution in [0.5, 0.6) is 0 Å². The molecule has 2 unspecified atom stereocenters. The molecule has 2 atom stereocenters. The van der Waals surface area contributed by atoms with Gasteiger partial charge in [-0.15, -0.1) is 0 Å². The molecule has 2 aromatic carbocycles. The first kappa shape index (κ1) is 21.8. The summed E-state index contributed by atoms with van der Waals surface area (Å²) >= 11 is 5.95. The number of piperidine rings is 1. The van der Waals surface area contributed by atoms with Gasteiger partial charge in [0.25, 0.3) is 0 Å². The van der Waals surface area contributed by atoms with Gasteiger partial charge in [-0.3, -0.25) is 9.69 Å². The first-order valence-corrected chi connectivity index (χ1v) is 11.2. The molecule has 2 aliphatic heterocycles. The van der Waals surface area contributed by atoms with E-state index >= 15 is 0 Å². The smallest absolute Gasteiger partial charge is 0.317 e. The average molecular weight is 440 g/mol. The quantitative estimate of drug-likeness (QED) is 0.726. The van der Waals surface area contributed by atoms with Gasteiger partial charge in [-0.2, -0.15) is 0 Å². The highest BCUT2D eigenvalue weighted by atomic mass is 35.5. The summed E-state index contributed by atoms with van der Waals surface area (Å²) in [5, 5.41) is 8.41. The Labute approximate surface area is 188 Å². The lowest BCUT2D eigenvalue weighted by Gasteiger charge is -2.41. The van der Waals surface area contributed by atoms with Crippen LogP contribution in [0.25, 0.3) is 0 Å². The van der Waals surface area contributed by atoms with Crippen LogP contribution in [0.1, 0.15) is 28.8 Å². The van der Waals surface area contributed by atoms with E-state index in [2.05, 4.69) is 10.2 Å². The molecule has 2 aromatic rings. The van der Waals surface area contributed by atoms with Gasteiger partial charge in [-0.1, -0.05) is 41.9 Å². The lowest BCUT2D eigenvalue weighted by molar-refractivity contribution is 0.0567. The maximum atomic E-state index is 12.9. The molecule has 6 nitrogen and oxygen atoms in total. The highest BCUT2D eigenvalue weighted by Gasteiger charge is 2.33. The molecule has 0 aromatic heterocycles. The van der Waals surface area contributed by atoms with Crippen LogP contribution < -0.4 is 10.6 Å². The topological polar surface area (TPSA) is 66.8 Å². The predicted molar refractivity (Wildman–Crippen MR) is 121 cm³/mol. The Morgan fingerprint density at radius 3 is 2.42 bits per heavy atom. The zero-order chi connectivity index (χ0) is 21.6. The standard InChI is InChI=1S/C24H28ClN4O2/c25-21-8-6-19(7-9-21)23(30)20-10-11-26-22(16-20)28-12-14-29(15-13-28)24(31)27-17-18-4-2-1-3-5-18/h1-9,20,22H,10-17H2,(H,27,31). The number of Topliss-reactive ketones (excluding diaryl/α,β-unsaturated/α-hetero) is 1. The number of halogens is 1. The van der Waals surface area contributed by atoms with Gasteiger partial charge >= 0.3 is 6.03 Å². The van der Waals surface area contributed by atoms with E-state index in [0.29, 0.717) is 31.2 Å². The van der Waals surface area contributed by atoms with Gasteiger partial charge < -0.3 is 10.2 Å². The fraction of sp³-hybridized carbons (Fsp3) is 0.417. The summed E-state index contributed by atoms with van der Waals surface area (Å²) in [6.07, 6.45) is 1.58. The Balaban J connectivity index is 1.26. The summed E-state index contributed by atoms with van der Waals surface area (Å²) in [5.74, 6) is 0.159. The second-order valence-electron chi connectivity index (χ2n) is 8.15. The van der Waals surface area contributed by atoms with Crippen LogP contribution in [0, 0.1) is 5.92 Å². The third kappa shape index (κ3) is 5.64. The van der Waals surface area contributed by atoms with Crippen molar-refractivity contribution in [2.75, 3.05) is 32.7 Å². The second-order valence-corrected chi connectivity index (χ2v) is 8.58. The minimum atomic E-state index is -0.0279. The minimum absolute atomic E-state index is 0.0177. The van der Waals surface area contributed by atoms with Crippen molar-refractivity contribution in [3.8, 4) is 0 Å². The van der Waals surface area contributed by atoms with Crippen LogP contribution in [0.2, 0.25) is 5.02 Å². The Kier molecular flexibility index (Phi) is 7.22. The summed E-state index contributed by atoms with van der Waals surface area (Å²) in [5.41, 5.74) is 1.81. The number of rotatable bonds is 5. The highest BCUT2D eigenvalue weighted by Crippen LogP contribution is 2.25. The van der Waals surface area contributed by atoms with Crippen molar-refractivity contribution in [3.63, 3.8) is 0 Å². The maximum absolute atomic E-state index is 12.9. The molecule has 2 heterocycles. The monoisotopic (exact) mass is 439 g/mol. The molecule has 7 heteroatoms. The molecule has 1 N–H and O–H groups in total. The van der Waals surface area contributed by atoms with Crippen molar-refractivity contribution in [2.45, 2.75) is 25.6 Å².